The molecule has 0 bridgehead atoms. The summed E-state index contributed by atoms with van der Waals surface area (Å²) < 4.78 is 0.952. The summed E-state index contributed by atoms with van der Waals surface area (Å²) in [6.07, 6.45) is 0.0891. The lowest BCUT2D eigenvalue weighted by Crippen LogP contribution is -2.49. The van der Waals surface area contributed by atoms with E-state index in [9.17, 15) is 9.59 Å². The number of nitrogens with one attached hydrogen (secondary N) is 1. The van der Waals surface area contributed by atoms with Gasteiger partial charge in [-0.2, -0.15) is 0 Å². The van der Waals surface area contributed by atoms with Crippen molar-refractivity contribution >= 4 is 50.9 Å². The van der Waals surface area contributed by atoms with E-state index in [0.717, 1.165) is 10.0 Å². The van der Waals surface area contributed by atoms with Gasteiger partial charge in [0.2, 0.25) is 11.8 Å². The highest BCUT2D eigenvalue weighted by Gasteiger charge is 2.27. The van der Waals surface area contributed by atoms with Crippen molar-refractivity contribution in [3.63, 3.8) is 0 Å². The van der Waals surface area contributed by atoms with Crippen molar-refractivity contribution in [2.24, 2.45) is 0 Å². The number of rotatable bonds is 7. The average molecular weight is 486 g/mol. The van der Waals surface area contributed by atoms with Gasteiger partial charge in [0.15, 0.2) is 0 Å². The Balaban J connectivity index is 2.26. The number of hydrogen-bond acceptors (Lipinski definition) is 2. The van der Waals surface area contributed by atoms with Crippen LogP contribution in [0.4, 0.5) is 0 Å². The van der Waals surface area contributed by atoms with Crippen LogP contribution in [0.15, 0.2) is 46.9 Å². The van der Waals surface area contributed by atoms with Gasteiger partial charge in [-0.15, -0.1) is 0 Å². The van der Waals surface area contributed by atoms with Gasteiger partial charge in [0, 0.05) is 27.1 Å². The van der Waals surface area contributed by atoms with E-state index in [0.29, 0.717) is 22.2 Å². The third-order valence-corrected chi connectivity index (χ3v) is 5.34. The largest absolute Gasteiger partial charge is 0.352 e. The summed E-state index contributed by atoms with van der Waals surface area (Å²) >= 11 is 15.6. The first-order valence-electron chi connectivity index (χ1n) is 8.95. The molecule has 1 atom stereocenters. The molecule has 28 heavy (non-hydrogen) atoms. The Bertz CT molecular complexity index is 841. The first-order valence-corrected chi connectivity index (χ1v) is 10.5. The SMILES string of the molecule is CC(C)NC(=O)[C@H](C)N(Cc1ccc(Br)cc1)C(=O)Cc1ccc(Cl)cc1Cl. The van der Waals surface area contributed by atoms with E-state index in [1.165, 1.54) is 0 Å². The first-order chi connectivity index (χ1) is 13.2. The van der Waals surface area contributed by atoms with Gasteiger partial charge < -0.3 is 10.2 Å². The molecule has 2 aromatic rings. The van der Waals surface area contributed by atoms with Crippen LogP contribution in [-0.4, -0.2) is 28.8 Å². The van der Waals surface area contributed by atoms with Crippen LogP contribution in [0.3, 0.4) is 0 Å². The predicted molar refractivity (Wildman–Crippen MR) is 118 cm³/mol. The summed E-state index contributed by atoms with van der Waals surface area (Å²) in [5.41, 5.74) is 1.61. The summed E-state index contributed by atoms with van der Waals surface area (Å²) in [6.45, 7) is 5.83. The fraction of sp³-hybridized carbons (Fsp3) is 0.333. The smallest absolute Gasteiger partial charge is 0.242 e. The van der Waals surface area contributed by atoms with E-state index in [1.807, 2.05) is 38.1 Å². The summed E-state index contributed by atoms with van der Waals surface area (Å²) in [4.78, 5) is 27.2. The number of nitrogens with zero attached hydrogens (tertiary/aromatic N) is 1. The minimum absolute atomic E-state index is 0.00899. The monoisotopic (exact) mass is 484 g/mol. The van der Waals surface area contributed by atoms with Gasteiger partial charge in [-0.3, -0.25) is 9.59 Å². The average Bonchev–Trinajstić information content (AvgIpc) is 2.62. The molecule has 0 aliphatic heterocycles. The van der Waals surface area contributed by atoms with Crippen LogP contribution >= 0.6 is 39.1 Å². The van der Waals surface area contributed by atoms with Crippen LogP contribution < -0.4 is 5.32 Å². The second-order valence-corrected chi connectivity index (χ2v) is 8.66. The van der Waals surface area contributed by atoms with Crippen molar-refractivity contribution in [2.75, 3.05) is 0 Å². The molecule has 0 aliphatic rings. The lowest BCUT2D eigenvalue weighted by molar-refractivity contribution is -0.140. The maximum absolute atomic E-state index is 13.1. The fourth-order valence-corrected chi connectivity index (χ4v) is 3.44. The molecule has 0 aliphatic carbocycles. The Morgan fingerprint density at radius 3 is 2.29 bits per heavy atom. The van der Waals surface area contributed by atoms with E-state index in [-0.39, 0.29) is 24.3 Å². The molecular weight excluding hydrogens is 463 g/mol. The van der Waals surface area contributed by atoms with Crippen molar-refractivity contribution in [1.29, 1.82) is 0 Å². The molecular formula is C21H23BrCl2N2O2. The molecule has 2 rings (SSSR count). The third-order valence-electron chi connectivity index (χ3n) is 4.22. The molecule has 0 fully saturated rings. The zero-order valence-corrected chi connectivity index (χ0v) is 19.1. The van der Waals surface area contributed by atoms with E-state index < -0.39 is 6.04 Å². The molecule has 150 valence electrons. The molecule has 0 saturated heterocycles. The van der Waals surface area contributed by atoms with Gasteiger partial charge in [-0.05, 0) is 56.2 Å². The van der Waals surface area contributed by atoms with E-state index in [1.54, 1.807) is 30.0 Å². The Hall–Kier alpha value is -1.56. The number of hydrogen-bond donors (Lipinski definition) is 1. The molecule has 4 nitrogen and oxygen atoms in total. The van der Waals surface area contributed by atoms with Crippen LogP contribution in [0.1, 0.15) is 31.9 Å². The van der Waals surface area contributed by atoms with Gasteiger partial charge >= 0.3 is 0 Å². The molecule has 0 spiro atoms. The summed E-state index contributed by atoms with van der Waals surface area (Å²) in [5, 5.41) is 3.82. The first kappa shape index (κ1) is 22.7. The maximum atomic E-state index is 13.1. The lowest BCUT2D eigenvalue weighted by atomic mass is 10.1. The maximum Gasteiger partial charge on any atom is 0.242 e. The van der Waals surface area contributed by atoms with E-state index in [2.05, 4.69) is 21.2 Å². The number of carbonyl (C=O) groups is 2. The molecule has 0 unspecified atom stereocenters. The zero-order valence-electron chi connectivity index (χ0n) is 16.0. The normalized spacial score (nSPS) is 12.0. The Morgan fingerprint density at radius 2 is 1.71 bits per heavy atom. The molecule has 0 saturated carbocycles. The molecule has 1 N–H and O–H groups in total. The number of amides is 2. The van der Waals surface area contributed by atoms with Gasteiger partial charge in [0.25, 0.3) is 0 Å². The van der Waals surface area contributed by atoms with Gasteiger partial charge in [0.05, 0.1) is 6.42 Å². The highest BCUT2D eigenvalue weighted by molar-refractivity contribution is 9.10. The highest BCUT2D eigenvalue weighted by atomic mass is 79.9. The van der Waals surface area contributed by atoms with Crippen LogP contribution in [0.25, 0.3) is 0 Å². The third kappa shape index (κ3) is 6.50. The van der Waals surface area contributed by atoms with Gasteiger partial charge in [-0.25, -0.2) is 0 Å². The molecule has 0 aromatic heterocycles. The quantitative estimate of drug-likeness (QED) is 0.582. The van der Waals surface area contributed by atoms with Crippen LogP contribution in [0.2, 0.25) is 10.0 Å². The Labute approximate surface area is 184 Å². The van der Waals surface area contributed by atoms with Crippen molar-refractivity contribution < 1.29 is 9.59 Å². The summed E-state index contributed by atoms with van der Waals surface area (Å²) in [5.74, 6) is -0.374. The number of carbonyl (C=O) groups excluding carboxylic acids is 2. The van der Waals surface area contributed by atoms with Crippen molar-refractivity contribution in [3.05, 3.63) is 68.1 Å². The van der Waals surface area contributed by atoms with Crippen LogP contribution in [0, 0.1) is 0 Å². The highest BCUT2D eigenvalue weighted by Crippen LogP contribution is 2.23. The van der Waals surface area contributed by atoms with Gasteiger partial charge in [0.1, 0.15) is 6.04 Å². The summed E-state index contributed by atoms with van der Waals surface area (Å²) in [7, 11) is 0. The van der Waals surface area contributed by atoms with Crippen molar-refractivity contribution in [2.45, 2.75) is 45.8 Å². The van der Waals surface area contributed by atoms with Crippen LogP contribution in [-0.2, 0) is 22.6 Å². The second-order valence-electron chi connectivity index (χ2n) is 6.90. The second kappa shape index (κ2) is 10.3. The predicted octanol–water partition coefficient (Wildman–Crippen LogP) is 5.24. The van der Waals surface area contributed by atoms with Crippen LogP contribution in [0.5, 0.6) is 0 Å². The van der Waals surface area contributed by atoms with E-state index in [4.69, 9.17) is 23.2 Å². The Kier molecular flexibility index (Phi) is 8.35. The Morgan fingerprint density at radius 1 is 1.07 bits per heavy atom. The standard InChI is InChI=1S/C21H23BrCl2N2O2/c1-13(2)25-21(28)14(3)26(12-15-4-7-17(22)8-5-15)20(27)10-16-6-9-18(23)11-19(16)24/h4-9,11,13-14H,10,12H2,1-3H3,(H,25,28)/t14-/m0/s1. The molecule has 0 radical (unpaired) electrons. The minimum Gasteiger partial charge on any atom is -0.352 e. The molecule has 2 amide bonds. The molecule has 0 heterocycles. The minimum atomic E-state index is -0.621. The van der Waals surface area contributed by atoms with Crippen molar-refractivity contribution in [1.82, 2.24) is 10.2 Å². The molecule has 2 aromatic carbocycles. The molecule has 7 heteroatoms. The lowest BCUT2D eigenvalue weighted by Gasteiger charge is -2.29. The number of benzene rings is 2. The fourth-order valence-electron chi connectivity index (χ4n) is 2.70. The van der Waals surface area contributed by atoms with E-state index >= 15 is 0 Å². The van der Waals surface area contributed by atoms with Crippen molar-refractivity contribution in [3.8, 4) is 0 Å². The van der Waals surface area contributed by atoms with Gasteiger partial charge in [-0.1, -0.05) is 57.3 Å². The number of halogens is 3. The zero-order chi connectivity index (χ0) is 20.8. The topological polar surface area (TPSA) is 49.4 Å². The summed E-state index contributed by atoms with van der Waals surface area (Å²) in [6, 6.07) is 12.1.